The number of hydrogen-bond acceptors (Lipinski definition) is 3. The summed E-state index contributed by atoms with van der Waals surface area (Å²) in [7, 11) is 0. The summed E-state index contributed by atoms with van der Waals surface area (Å²) in [6, 6.07) is 6.66. The number of likely N-dealkylation sites (tertiary alicyclic amines) is 1. The minimum Gasteiger partial charge on any atom is -0.341 e. The van der Waals surface area contributed by atoms with Crippen LogP contribution in [0, 0.1) is 19.7 Å². The molecule has 6 heteroatoms. The van der Waals surface area contributed by atoms with Crippen LogP contribution >= 0.6 is 0 Å². The van der Waals surface area contributed by atoms with Crippen molar-refractivity contribution in [1.82, 2.24) is 20.0 Å². The molecule has 140 valence electrons. The molecule has 1 N–H and O–H groups in total. The predicted octanol–water partition coefficient (Wildman–Crippen LogP) is 2.59. The lowest BCUT2D eigenvalue weighted by atomic mass is 10.1. The molecule has 2 heterocycles. The van der Waals surface area contributed by atoms with E-state index < -0.39 is 0 Å². The molecule has 1 atom stereocenters. The van der Waals surface area contributed by atoms with Crippen molar-refractivity contribution in [3.63, 3.8) is 0 Å². The van der Waals surface area contributed by atoms with Gasteiger partial charge in [0.1, 0.15) is 5.82 Å². The Morgan fingerprint density at radius 1 is 1.27 bits per heavy atom. The molecule has 0 spiro atoms. The maximum Gasteiger partial charge on any atom is 0.224 e. The smallest absolute Gasteiger partial charge is 0.224 e. The van der Waals surface area contributed by atoms with Crippen molar-refractivity contribution >= 4 is 5.91 Å². The van der Waals surface area contributed by atoms with Crippen LogP contribution in [0.5, 0.6) is 0 Å². The number of benzene rings is 1. The Hall–Kier alpha value is -2.21. The van der Waals surface area contributed by atoms with Gasteiger partial charge in [0.25, 0.3) is 0 Å². The number of nitrogens with zero attached hydrogens (tertiary/aromatic N) is 3. The summed E-state index contributed by atoms with van der Waals surface area (Å²) < 4.78 is 15.0. The van der Waals surface area contributed by atoms with E-state index in [9.17, 15) is 9.18 Å². The highest BCUT2D eigenvalue weighted by molar-refractivity contribution is 5.79. The Bertz CT molecular complexity index is 769. The summed E-state index contributed by atoms with van der Waals surface area (Å²) in [5.41, 5.74) is 4.52. The first-order valence-electron chi connectivity index (χ1n) is 9.26. The molecule has 1 aliphatic rings. The topological polar surface area (TPSA) is 50.2 Å². The van der Waals surface area contributed by atoms with Crippen LogP contribution in [0.3, 0.4) is 0 Å². The van der Waals surface area contributed by atoms with Gasteiger partial charge in [0.15, 0.2) is 0 Å². The van der Waals surface area contributed by atoms with Gasteiger partial charge >= 0.3 is 0 Å². The third kappa shape index (κ3) is 4.12. The van der Waals surface area contributed by atoms with Crippen molar-refractivity contribution < 1.29 is 9.18 Å². The number of hydrogen-bond donors (Lipinski definition) is 1. The average molecular weight is 358 g/mol. The van der Waals surface area contributed by atoms with Crippen LogP contribution in [-0.2, 0) is 24.3 Å². The minimum atomic E-state index is -0.229. The van der Waals surface area contributed by atoms with Gasteiger partial charge in [-0.2, -0.15) is 5.10 Å². The fraction of sp³-hybridized carbons (Fsp3) is 0.500. The van der Waals surface area contributed by atoms with Gasteiger partial charge in [-0.15, -0.1) is 0 Å². The van der Waals surface area contributed by atoms with Crippen molar-refractivity contribution in [3.05, 3.63) is 52.6 Å². The summed E-state index contributed by atoms with van der Waals surface area (Å²) in [5, 5.41) is 8.06. The number of nitrogens with one attached hydrogen (secondary N) is 1. The third-order valence-electron chi connectivity index (χ3n) is 5.20. The van der Waals surface area contributed by atoms with Crippen LogP contribution in [-0.4, -0.2) is 39.7 Å². The number of rotatable bonds is 7. The maximum absolute atomic E-state index is 13.0. The maximum atomic E-state index is 13.0. The predicted molar refractivity (Wildman–Crippen MR) is 99.3 cm³/mol. The molecule has 3 rings (SSSR count). The van der Waals surface area contributed by atoms with Gasteiger partial charge < -0.3 is 10.2 Å². The normalized spacial score (nSPS) is 17.3. The van der Waals surface area contributed by atoms with Gasteiger partial charge in [0, 0.05) is 49.9 Å². The highest BCUT2D eigenvalue weighted by atomic mass is 19.1. The molecular formula is C20H27FN4O. The number of amides is 1. The lowest BCUT2D eigenvalue weighted by Crippen LogP contribution is -2.33. The summed E-state index contributed by atoms with van der Waals surface area (Å²) in [6.07, 6.45) is 1.28. The number of carbonyl (C=O) groups excluding carboxylic acids is 1. The van der Waals surface area contributed by atoms with E-state index in [1.807, 2.05) is 16.5 Å². The molecule has 0 bridgehead atoms. The number of halogens is 1. The van der Waals surface area contributed by atoms with Crippen LogP contribution in [0.25, 0.3) is 0 Å². The highest BCUT2D eigenvalue weighted by Crippen LogP contribution is 2.16. The van der Waals surface area contributed by atoms with E-state index >= 15 is 0 Å². The van der Waals surface area contributed by atoms with E-state index in [0.29, 0.717) is 13.0 Å². The molecule has 1 fully saturated rings. The number of aromatic nitrogens is 2. The molecule has 1 aliphatic heterocycles. The van der Waals surface area contributed by atoms with Crippen LogP contribution in [0.4, 0.5) is 4.39 Å². The molecule has 0 radical (unpaired) electrons. The molecule has 1 aromatic heterocycles. The Balaban J connectivity index is 1.51. The van der Waals surface area contributed by atoms with Crippen LogP contribution < -0.4 is 5.32 Å². The molecule has 2 aromatic rings. The van der Waals surface area contributed by atoms with E-state index in [2.05, 4.69) is 24.3 Å². The Morgan fingerprint density at radius 3 is 2.65 bits per heavy atom. The van der Waals surface area contributed by atoms with Gasteiger partial charge in [-0.25, -0.2) is 4.39 Å². The second-order valence-corrected chi connectivity index (χ2v) is 6.96. The van der Waals surface area contributed by atoms with Crippen LogP contribution in [0.2, 0.25) is 0 Å². The SMILES string of the molecule is CCn1nc(C)c(CN[C@H]2CC(=O)N(CCc3ccc(F)cc3)C2)c1C. The van der Waals surface area contributed by atoms with E-state index in [0.717, 1.165) is 37.3 Å². The van der Waals surface area contributed by atoms with E-state index in [-0.39, 0.29) is 17.8 Å². The highest BCUT2D eigenvalue weighted by Gasteiger charge is 2.29. The van der Waals surface area contributed by atoms with E-state index in [4.69, 9.17) is 0 Å². The molecule has 0 aliphatic carbocycles. The monoisotopic (exact) mass is 358 g/mol. The van der Waals surface area contributed by atoms with Gasteiger partial charge in [-0.1, -0.05) is 12.1 Å². The Morgan fingerprint density at radius 2 is 2.00 bits per heavy atom. The molecular weight excluding hydrogens is 331 g/mol. The summed E-state index contributed by atoms with van der Waals surface area (Å²) in [6.45, 7) is 9.22. The first-order valence-corrected chi connectivity index (χ1v) is 9.26. The second-order valence-electron chi connectivity index (χ2n) is 6.96. The van der Waals surface area contributed by atoms with Crippen molar-refractivity contribution in [2.75, 3.05) is 13.1 Å². The standard InChI is InChI=1S/C20H27FN4O/c1-4-25-15(3)19(14(2)23-25)12-22-18-11-20(26)24(13-18)10-9-16-5-7-17(21)8-6-16/h5-8,18,22H,4,9-13H2,1-3H3/t18-/m0/s1. The number of aryl methyl sites for hydroxylation is 2. The summed E-state index contributed by atoms with van der Waals surface area (Å²) in [5.74, 6) is -0.0467. The molecule has 1 amide bonds. The number of carbonyl (C=O) groups is 1. The first-order chi connectivity index (χ1) is 12.5. The molecule has 1 aromatic carbocycles. The fourth-order valence-corrected chi connectivity index (χ4v) is 3.58. The summed E-state index contributed by atoms with van der Waals surface area (Å²) >= 11 is 0. The largest absolute Gasteiger partial charge is 0.341 e. The Labute approximate surface area is 154 Å². The van der Waals surface area contributed by atoms with Gasteiger partial charge in [0.05, 0.1) is 5.69 Å². The molecule has 5 nitrogen and oxygen atoms in total. The second kappa shape index (κ2) is 7.99. The Kier molecular flexibility index (Phi) is 5.71. The first kappa shape index (κ1) is 18.6. The average Bonchev–Trinajstić information content (AvgIpc) is 3.11. The van der Waals surface area contributed by atoms with Crippen molar-refractivity contribution in [2.45, 2.75) is 52.7 Å². The third-order valence-corrected chi connectivity index (χ3v) is 5.20. The molecule has 1 saturated heterocycles. The lowest BCUT2D eigenvalue weighted by Gasteiger charge is -2.17. The zero-order valence-corrected chi connectivity index (χ0v) is 15.8. The lowest BCUT2D eigenvalue weighted by molar-refractivity contribution is -0.127. The molecule has 0 saturated carbocycles. The van der Waals surface area contributed by atoms with Crippen LogP contribution in [0.15, 0.2) is 24.3 Å². The van der Waals surface area contributed by atoms with Crippen LogP contribution in [0.1, 0.15) is 35.9 Å². The minimum absolute atomic E-state index is 0.166. The molecule has 0 unspecified atom stereocenters. The van der Waals surface area contributed by atoms with E-state index in [1.54, 1.807) is 12.1 Å². The van der Waals surface area contributed by atoms with Crippen molar-refractivity contribution in [3.8, 4) is 0 Å². The van der Waals surface area contributed by atoms with Gasteiger partial charge in [0.2, 0.25) is 5.91 Å². The van der Waals surface area contributed by atoms with Crippen molar-refractivity contribution in [2.24, 2.45) is 0 Å². The zero-order valence-electron chi connectivity index (χ0n) is 15.8. The molecule has 26 heavy (non-hydrogen) atoms. The van der Waals surface area contributed by atoms with Gasteiger partial charge in [-0.05, 0) is 44.9 Å². The van der Waals surface area contributed by atoms with Gasteiger partial charge in [-0.3, -0.25) is 9.48 Å². The quantitative estimate of drug-likeness (QED) is 0.828. The van der Waals surface area contributed by atoms with E-state index in [1.165, 1.54) is 23.4 Å². The van der Waals surface area contributed by atoms with Crippen molar-refractivity contribution in [1.29, 1.82) is 0 Å². The summed E-state index contributed by atoms with van der Waals surface area (Å²) in [4.78, 5) is 14.2. The zero-order chi connectivity index (χ0) is 18.7. The fourth-order valence-electron chi connectivity index (χ4n) is 3.58.